The van der Waals surface area contributed by atoms with Crippen molar-refractivity contribution in [3.63, 3.8) is 0 Å². The van der Waals surface area contributed by atoms with Crippen LogP contribution in [-0.4, -0.2) is 35.6 Å². The van der Waals surface area contributed by atoms with Gasteiger partial charge in [0.05, 0.1) is 0 Å². The second-order valence-electron chi connectivity index (χ2n) is 4.82. The second kappa shape index (κ2) is 6.16. The highest BCUT2D eigenvalue weighted by molar-refractivity contribution is 7.80. The minimum Gasteiger partial charge on any atom is -0.389 e. The number of nitrogens with two attached hydrogens (primary N) is 1. The van der Waals surface area contributed by atoms with Crippen molar-refractivity contribution in [2.75, 3.05) is 25.0 Å². The molecule has 0 saturated carbocycles. The van der Waals surface area contributed by atoms with Gasteiger partial charge in [0, 0.05) is 23.8 Å². The molecule has 4 heteroatoms. The molecule has 2 rings (SSSR count). The van der Waals surface area contributed by atoms with Gasteiger partial charge in [0.2, 0.25) is 0 Å². The van der Waals surface area contributed by atoms with E-state index in [0.717, 1.165) is 24.3 Å². The minimum atomic E-state index is 0.455. The molecule has 1 aliphatic heterocycles. The Morgan fingerprint density at radius 2 is 2.17 bits per heavy atom. The van der Waals surface area contributed by atoms with Gasteiger partial charge in [-0.1, -0.05) is 19.1 Å². The fourth-order valence-electron chi connectivity index (χ4n) is 2.43. The van der Waals surface area contributed by atoms with Gasteiger partial charge in [-0.2, -0.15) is 0 Å². The number of likely N-dealkylation sites (N-methyl/N-ethyl adjacent to an activating group) is 1. The molecule has 1 unspecified atom stereocenters. The third kappa shape index (κ3) is 3.43. The first-order valence-electron chi connectivity index (χ1n) is 6.58. The number of benzene rings is 1. The van der Waals surface area contributed by atoms with Crippen LogP contribution in [0.25, 0.3) is 0 Å². The number of nitrogens with one attached hydrogen (secondary N) is 1. The molecule has 3 nitrogen and oxygen atoms in total. The number of hydrogen-bond donors (Lipinski definition) is 2. The molecule has 1 aliphatic rings. The van der Waals surface area contributed by atoms with Crippen LogP contribution < -0.4 is 11.1 Å². The van der Waals surface area contributed by atoms with Gasteiger partial charge in [-0.15, -0.1) is 0 Å². The predicted octanol–water partition coefficient (Wildman–Crippen LogP) is 2.22. The first kappa shape index (κ1) is 13.3. The van der Waals surface area contributed by atoms with E-state index in [2.05, 4.69) is 29.3 Å². The van der Waals surface area contributed by atoms with Gasteiger partial charge in [-0.05, 0) is 50.2 Å². The highest BCUT2D eigenvalue weighted by Crippen LogP contribution is 2.16. The summed E-state index contributed by atoms with van der Waals surface area (Å²) in [6.45, 7) is 5.72. The van der Waals surface area contributed by atoms with Crippen molar-refractivity contribution in [1.82, 2.24) is 4.90 Å². The molecule has 98 valence electrons. The molecule has 1 saturated heterocycles. The maximum absolute atomic E-state index is 5.59. The second-order valence-corrected chi connectivity index (χ2v) is 5.26. The lowest BCUT2D eigenvalue weighted by Crippen LogP contribution is -2.41. The van der Waals surface area contributed by atoms with Crippen LogP contribution in [0.2, 0.25) is 0 Å². The summed E-state index contributed by atoms with van der Waals surface area (Å²) in [7, 11) is 0. The summed E-state index contributed by atoms with van der Waals surface area (Å²) < 4.78 is 0. The van der Waals surface area contributed by atoms with Gasteiger partial charge >= 0.3 is 0 Å². The van der Waals surface area contributed by atoms with Crippen molar-refractivity contribution >= 4 is 22.9 Å². The van der Waals surface area contributed by atoms with E-state index in [1.165, 1.54) is 19.4 Å². The molecular formula is C14H21N3S. The van der Waals surface area contributed by atoms with Crippen molar-refractivity contribution < 1.29 is 0 Å². The summed E-state index contributed by atoms with van der Waals surface area (Å²) in [6, 6.07) is 8.61. The lowest BCUT2D eigenvalue weighted by atomic mass is 10.1. The number of likely N-dealkylation sites (tertiary alicyclic amines) is 1. The van der Waals surface area contributed by atoms with Crippen molar-refractivity contribution in [3.05, 3.63) is 29.8 Å². The van der Waals surface area contributed by atoms with E-state index in [0.29, 0.717) is 11.0 Å². The zero-order valence-corrected chi connectivity index (χ0v) is 11.7. The zero-order chi connectivity index (χ0) is 13.0. The zero-order valence-electron chi connectivity index (χ0n) is 10.9. The fraction of sp³-hybridized carbons (Fsp3) is 0.500. The van der Waals surface area contributed by atoms with Crippen molar-refractivity contribution in [1.29, 1.82) is 0 Å². The monoisotopic (exact) mass is 263 g/mol. The van der Waals surface area contributed by atoms with Gasteiger partial charge < -0.3 is 16.0 Å². The summed E-state index contributed by atoms with van der Waals surface area (Å²) in [5.74, 6) is 0. The Balaban J connectivity index is 1.94. The van der Waals surface area contributed by atoms with Crippen molar-refractivity contribution in [3.8, 4) is 0 Å². The minimum absolute atomic E-state index is 0.455. The van der Waals surface area contributed by atoms with E-state index in [4.69, 9.17) is 18.0 Å². The first-order chi connectivity index (χ1) is 8.69. The Hall–Kier alpha value is -1.13. The van der Waals surface area contributed by atoms with Crippen LogP contribution in [0.15, 0.2) is 24.3 Å². The van der Waals surface area contributed by atoms with Gasteiger partial charge in [0.1, 0.15) is 4.99 Å². The maximum atomic E-state index is 5.59. The normalized spacial score (nSPS) is 20.6. The van der Waals surface area contributed by atoms with E-state index in [1.807, 2.05) is 12.1 Å². The van der Waals surface area contributed by atoms with E-state index >= 15 is 0 Å². The lowest BCUT2D eigenvalue weighted by Gasteiger charge is -2.32. The largest absolute Gasteiger partial charge is 0.389 e. The standard InChI is InChI=1S/C14H21N3S/c1-2-17-9-3-4-13(10-17)16-12-7-5-11(6-8-12)14(15)18/h5-8,13,16H,2-4,9-10H2,1H3,(H2,15,18). The number of piperidine rings is 1. The fourth-order valence-corrected chi connectivity index (χ4v) is 2.56. The molecule has 18 heavy (non-hydrogen) atoms. The van der Waals surface area contributed by atoms with Gasteiger partial charge in [0.25, 0.3) is 0 Å². The molecule has 1 heterocycles. The molecular weight excluding hydrogens is 242 g/mol. The Kier molecular flexibility index (Phi) is 4.55. The molecule has 0 radical (unpaired) electrons. The SMILES string of the molecule is CCN1CCCC(Nc2ccc(C(N)=S)cc2)C1. The number of hydrogen-bond acceptors (Lipinski definition) is 3. The maximum Gasteiger partial charge on any atom is 0.103 e. The third-order valence-corrected chi connectivity index (χ3v) is 3.73. The van der Waals surface area contributed by atoms with Crippen LogP contribution in [0.4, 0.5) is 5.69 Å². The van der Waals surface area contributed by atoms with Crippen LogP contribution >= 0.6 is 12.2 Å². The van der Waals surface area contributed by atoms with E-state index in [1.54, 1.807) is 0 Å². The predicted molar refractivity (Wildman–Crippen MR) is 81.1 cm³/mol. The summed E-state index contributed by atoms with van der Waals surface area (Å²) >= 11 is 4.95. The Labute approximate surface area is 114 Å². The number of nitrogens with zero attached hydrogens (tertiary/aromatic N) is 1. The van der Waals surface area contributed by atoms with E-state index < -0.39 is 0 Å². The molecule has 0 bridgehead atoms. The van der Waals surface area contributed by atoms with Crippen LogP contribution in [-0.2, 0) is 0 Å². The number of rotatable bonds is 4. The Morgan fingerprint density at radius 3 is 2.78 bits per heavy atom. The first-order valence-corrected chi connectivity index (χ1v) is 6.98. The summed E-state index contributed by atoms with van der Waals surface area (Å²) in [6.07, 6.45) is 2.52. The van der Waals surface area contributed by atoms with Gasteiger partial charge in [-0.3, -0.25) is 0 Å². The van der Waals surface area contributed by atoms with Crippen LogP contribution in [0, 0.1) is 0 Å². The molecule has 1 aromatic rings. The third-order valence-electron chi connectivity index (χ3n) is 3.49. The van der Waals surface area contributed by atoms with Crippen LogP contribution in [0.1, 0.15) is 25.3 Å². The topological polar surface area (TPSA) is 41.3 Å². The van der Waals surface area contributed by atoms with Gasteiger partial charge in [-0.25, -0.2) is 0 Å². The highest BCUT2D eigenvalue weighted by atomic mass is 32.1. The number of thiocarbonyl (C=S) groups is 1. The molecule has 0 amide bonds. The van der Waals surface area contributed by atoms with E-state index in [9.17, 15) is 0 Å². The van der Waals surface area contributed by atoms with Crippen molar-refractivity contribution in [2.45, 2.75) is 25.8 Å². The average molecular weight is 263 g/mol. The molecule has 1 fully saturated rings. The molecule has 1 aromatic carbocycles. The Bertz CT molecular complexity index is 402. The average Bonchev–Trinajstić information content (AvgIpc) is 2.39. The highest BCUT2D eigenvalue weighted by Gasteiger charge is 2.18. The molecule has 1 atom stereocenters. The van der Waals surface area contributed by atoms with Crippen LogP contribution in [0.3, 0.4) is 0 Å². The Morgan fingerprint density at radius 1 is 1.44 bits per heavy atom. The van der Waals surface area contributed by atoms with Gasteiger partial charge in [0.15, 0.2) is 0 Å². The summed E-state index contributed by atoms with van der Waals surface area (Å²) in [4.78, 5) is 2.95. The summed E-state index contributed by atoms with van der Waals surface area (Å²) in [5.41, 5.74) is 7.66. The summed E-state index contributed by atoms with van der Waals surface area (Å²) in [5, 5.41) is 3.59. The molecule has 0 spiro atoms. The molecule has 0 aromatic heterocycles. The number of anilines is 1. The molecule has 3 N–H and O–H groups in total. The van der Waals surface area contributed by atoms with E-state index in [-0.39, 0.29) is 0 Å². The van der Waals surface area contributed by atoms with Crippen molar-refractivity contribution in [2.24, 2.45) is 5.73 Å². The molecule has 0 aliphatic carbocycles. The quantitative estimate of drug-likeness (QED) is 0.817. The smallest absolute Gasteiger partial charge is 0.103 e. The van der Waals surface area contributed by atoms with Crippen LogP contribution in [0.5, 0.6) is 0 Å². The lowest BCUT2D eigenvalue weighted by molar-refractivity contribution is 0.227.